The van der Waals surface area contributed by atoms with Crippen LogP contribution in [0.4, 0.5) is 0 Å². The minimum Gasteiger partial charge on any atom is -0.478 e. The van der Waals surface area contributed by atoms with E-state index in [1.807, 2.05) is 44.2 Å². The highest BCUT2D eigenvalue weighted by Crippen LogP contribution is 2.56. The lowest BCUT2D eigenvalue weighted by Crippen LogP contribution is -2.39. The Hall–Kier alpha value is -3.70. The van der Waals surface area contributed by atoms with Crippen LogP contribution in [0.3, 0.4) is 0 Å². The summed E-state index contributed by atoms with van der Waals surface area (Å²) in [5, 5.41) is 9.38. The second-order valence-corrected chi connectivity index (χ2v) is 10.8. The molecule has 3 unspecified atom stereocenters. The van der Waals surface area contributed by atoms with Crippen LogP contribution in [0.2, 0.25) is 0 Å². The molecule has 5 rings (SSSR count). The van der Waals surface area contributed by atoms with Crippen LogP contribution >= 0.6 is 0 Å². The third-order valence-corrected chi connectivity index (χ3v) is 7.73. The van der Waals surface area contributed by atoms with Gasteiger partial charge in [0.05, 0.1) is 5.56 Å². The highest BCUT2D eigenvalue weighted by molar-refractivity contribution is 5.87. The lowest BCUT2D eigenvalue weighted by Gasteiger charge is -2.38. The molecule has 3 aromatic rings. The second-order valence-electron chi connectivity index (χ2n) is 10.8. The molecule has 0 fully saturated rings. The van der Waals surface area contributed by atoms with E-state index in [0.717, 1.165) is 29.5 Å². The number of fused-ring (bicyclic) bond motifs is 2. The average molecular weight is 496 g/mol. The van der Waals surface area contributed by atoms with E-state index in [2.05, 4.69) is 36.4 Å². The molecule has 0 aliphatic heterocycles. The van der Waals surface area contributed by atoms with Crippen LogP contribution in [0, 0.1) is 11.3 Å². The van der Waals surface area contributed by atoms with E-state index in [1.165, 1.54) is 16.7 Å². The van der Waals surface area contributed by atoms with Crippen LogP contribution in [0.1, 0.15) is 64.5 Å². The molecule has 190 valence electrons. The molecule has 0 saturated heterocycles. The van der Waals surface area contributed by atoms with E-state index in [1.54, 1.807) is 12.1 Å². The average Bonchev–Trinajstić information content (AvgIpc) is 3.44. The molecule has 0 amide bonds. The molecule has 0 heterocycles. The van der Waals surface area contributed by atoms with Crippen molar-refractivity contribution in [3.05, 3.63) is 112 Å². The maximum atomic E-state index is 13.3. The van der Waals surface area contributed by atoms with Crippen LogP contribution in [-0.2, 0) is 28.8 Å². The summed E-state index contributed by atoms with van der Waals surface area (Å²) in [6, 6.07) is 22.9. The summed E-state index contributed by atoms with van der Waals surface area (Å²) in [4.78, 5) is 24.7. The number of carbonyl (C=O) groups excluding carboxylic acids is 1. The van der Waals surface area contributed by atoms with E-state index in [0.29, 0.717) is 12.8 Å². The van der Waals surface area contributed by atoms with Crippen molar-refractivity contribution in [2.75, 3.05) is 0 Å². The van der Waals surface area contributed by atoms with Gasteiger partial charge in [0, 0.05) is 5.41 Å². The van der Waals surface area contributed by atoms with Crippen molar-refractivity contribution in [3.8, 4) is 0 Å². The van der Waals surface area contributed by atoms with Gasteiger partial charge in [0.1, 0.15) is 12.1 Å². The third kappa shape index (κ3) is 4.84. The summed E-state index contributed by atoms with van der Waals surface area (Å²) < 4.78 is 6.36. The zero-order chi connectivity index (χ0) is 26.2. The van der Waals surface area contributed by atoms with Crippen LogP contribution in [-0.4, -0.2) is 23.1 Å². The number of nitrogens with two attached hydrogens (primary N) is 1. The molecule has 0 saturated carbocycles. The Bertz CT molecular complexity index is 1360. The summed E-state index contributed by atoms with van der Waals surface area (Å²) in [6.07, 6.45) is 4.44. The number of aromatic carboxylic acids is 1. The second kappa shape index (κ2) is 9.98. The number of carbonyl (C=O) groups is 2. The Balaban J connectivity index is 1.59. The van der Waals surface area contributed by atoms with E-state index in [4.69, 9.17) is 10.5 Å². The Morgan fingerprint density at radius 1 is 1.00 bits per heavy atom. The van der Waals surface area contributed by atoms with Crippen LogP contribution in [0.15, 0.2) is 78.4 Å². The van der Waals surface area contributed by atoms with Gasteiger partial charge >= 0.3 is 11.9 Å². The Morgan fingerprint density at radius 2 is 1.68 bits per heavy atom. The van der Waals surface area contributed by atoms with Gasteiger partial charge in [-0.25, -0.2) is 4.79 Å². The Morgan fingerprint density at radius 3 is 2.35 bits per heavy atom. The Kier molecular flexibility index (Phi) is 6.74. The van der Waals surface area contributed by atoms with Crippen molar-refractivity contribution < 1.29 is 19.4 Å². The topological polar surface area (TPSA) is 89.6 Å². The number of hydrogen-bond acceptors (Lipinski definition) is 4. The monoisotopic (exact) mass is 495 g/mol. The summed E-state index contributed by atoms with van der Waals surface area (Å²) in [5.41, 5.74) is 12.9. The zero-order valence-electron chi connectivity index (χ0n) is 21.3. The van der Waals surface area contributed by atoms with Gasteiger partial charge in [-0.15, -0.1) is 0 Å². The molecule has 2 aliphatic rings. The summed E-state index contributed by atoms with van der Waals surface area (Å²) in [6.45, 7) is 4.09. The first kappa shape index (κ1) is 25.0. The highest BCUT2D eigenvalue weighted by Gasteiger charge is 2.51. The first-order valence-electron chi connectivity index (χ1n) is 12.9. The van der Waals surface area contributed by atoms with Gasteiger partial charge in [-0.3, -0.25) is 4.79 Å². The van der Waals surface area contributed by atoms with Crippen LogP contribution < -0.4 is 5.73 Å². The summed E-state index contributed by atoms with van der Waals surface area (Å²) in [7, 11) is 0. The maximum absolute atomic E-state index is 13.3. The first-order chi connectivity index (χ1) is 17.8. The van der Waals surface area contributed by atoms with Crippen LogP contribution in [0.25, 0.3) is 6.08 Å². The Labute approximate surface area is 218 Å². The molecule has 37 heavy (non-hydrogen) atoms. The smallest absolute Gasteiger partial charge is 0.335 e. The van der Waals surface area contributed by atoms with E-state index < -0.39 is 23.5 Å². The number of rotatable bonds is 8. The molecule has 0 spiro atoms. The normalized spacial score (nSPS) is 20.8. The SMILES string of the molecule is CC(C)CC(N)C(=O)OC1c2ccccc2CC1(Cc1ccc(C(=O)O)cc1)C1=Cc2ccccc2C1. The quantitative estimate of drug-likeness (QED) is 0.388. The van der Waals surface area contributed by atoms with Gasteiger partial charge in [-0.2, -0.15) is 0 Å². The van der Waals surface area contributed by atoms with Gasteiger partial charge in [-0.1, -0.05) is 86.2 Å². The first-order valence-corrected chi connectivity index (χ1v) is 12.9. The fourth-order valence-corrected chi connectivity index (χ4v) is 5.94. The molecule has 5 heteroatoms. The van der Waals surface area contributed by atoms with Crippen molar-refractivity contribution >= 4 is 18.0 Å². The molecule has 0 bridgehead atoms. The number of esters is 1. The predicted molar refractivity (Wildman–Crippen MR) is 144 cm³/mol. The summed E-state index contributed by atoms with van der Waals surface area (Å²) >= 11 is 0. The van der Waals surface area contributed by atoms with Crippen molar-refractivity contribution in [2.45, 2.75) is 51.7 Å². The van der Waals surface area contributed by atoms with Crippen molar-refractivity contribution in [1.29, 1.82) is 0 Å². The van der Waals surface area contributed by atoms with E-state index >= 15 is 0 Å². The highest BCUT2D eigenvalue weighted by atomic mass is 16.5. The van der Waals surface area contributed by atoms with Crippen molar-refractivity contribution in [2.24, 2.45) is 17.1 Å². The predicted octanol–water partition coefficient (Wildman–Crippen LogP) is 5.77. The number of benzene rings is 3. The standard InChI is InChI=1S/C32H33NO4/c1-20(2)15-28(33)31(36)37-29-27-10-6-5-9-25(27)19-32(29,18-21-11-13-22(14-12-21)30(34)35)26-16-23-7-3-4-8-24(23)17-26/h3-14,16,20,28-29H,15,17-19,33H2,1-2H3,(H,34,35). The minimum absolute atomic E-state index is 0.252. The third-order valence-electron chi connectivity index (χ3n) is 7.73. The molecule has 2 aliphatic carbocycles. The molecule has 5 nitrogen and oxygen atoms in total. The molecular formula is C32H33NO4. The fourth-order valence-electron chi connectivity index (χ4n) is 5.94. The van der Waals surface area contributed by atoms with Crippen molar-refractivity contribution in [1.82, 2.24) is 0 Å². The molecule has 3 atom stereocenters. The number of ether oxygens (including phenoxy) is 1. The van der Waals surface area contributed by atoms with E-state index in [9.17, 15) is 14.7 Å². The van der Waals surface area contributed by atoms with E-state index in [-0.39, 0.29) is 17.5 Å². The lowest BCUT2D eigenvalue weighted by molar-refractivity contribution is -0.156. The molecular weight excluding hydrogens is 462 g/mol. The van der Waals surface area contributed by atoms with Crippen molar-refractivity contribution in [3.63, 3.8) is 0 Å². The van der Waals surface area contributed by atoms with Gasteiger partial charge in [0.2, 0.25) is 0 Å². The molecule has 3 aromatic carbocycles. The van der Waals surface area contributed by atoms with Gasteiger partial charge in [-0.05, 0) is 71.6 Å². The molecule has 0 aromatic heterocycles. The maximum Gasteiger partial charge on any atom is 0.335 e. The number of carboxylic acids is 1. The fraction of sp³-hybridized carbons (Fsp3) is 0.312. The number of hydrogen-bond donors (Lipinski definition) is 2. The lowest BCUT2D eigenvalue weighted by atomic mass is 9.70. The van der Waals surface area contributed by atoms with Crippen LogP contribution in [0.5, 0.6) is 0 Å². The van der Waals surface area contributed by atoms with Gasteiger partial charge in [0.25, 0.3) is 0 Å². The number of carboxylic acid groups (broad SMARTS) is 1. The zero-order valence-corrected chi connectivity index (χ0v) is 21.3. The van der Waals surface area contributed by atoms with Gasteiger partial charge < -0.3 is 15.6 Å². The molecule has 3 N–H and O–H groups in total. The largest absolute Gasteiger partial charge is 0.478 e. The van der Waals surface area contributed by atoms with Gasteiger partial charge in [0.15, 0.2) is 0 Å². The minimum atomic E-state index is -0.950. The summed E-state index contributed by atoms with van der Waals surface area (Å²) in [5.74, 6) is -1.05. The molecule has 0 radical (unpaired) electrons.